The Morgan fingerprint density at radius 3 is 2.07 bits per heavy atom. The van der Waals surface area contributed by atoms with E-state index in [2.05, 4.69) is 111 Å². The number of rotatable bonds is 4. The Bertz CT molecular complexity index is 2350. The Labute approximate surface area is 269 Å². The molecule has 7 rings (SSSR count). The van der Waals surface area contributed by atoms with Crippen LogP contribution in [0.5, 0.6) is 11.5 Å². The van der Waals surface area contributed by atoms with Crippen molar-refractivity contribution >= 4 is 32.7 Å². The molecule has 0 atom stereocenters. The fraction of sp³-hybridized carbons (Fsp3) is 0.225. The predicted octanol–water partition coefficient (Wildman–Crippen LogP) is 8.69. The van der Waals surface area contributed by atoms with Gasteiger partial charge in [-0.25, -0.2) is 14.3 Å². The van der Waals surface area contributed by atoms with Gasteiger partial charge in [-0.1, -0.05) is 71.9 Å². The molecule has 7 aromatic rings. The maximum atomic E-state index is 12.9. The highest BCUT2D eigenvalue weighted by atomic mass is 16.5. The van der Waals surface area contributed by atoms with E-state index in [1.165, 1.54) is 10.9 Å². The highest BCUT2D eigenvalue weighted by Crippen LogP contribution is 2.37. The van der Waals surface area contributed by atoms with Gasteiger partial charge in [-0.15, -0.1) is 0 Å². The molecule has 0 N–H and O–H groups in total. The largest absolute Gasteiger partial charge is 0.457 e. The number of ether oxygens (including phenoxy) is 1. The first-order valence-corrected chi connectivity index (χ1v) is 15.7. The molecule has 0 spiro atoms. The van der Waals surface area contributed by atoms with E-state index in [1.807, 2.05) is 48.9 Å². The maximum Gasteiger partial charge on any atom is 0.344 e. The summed E-state index contributed by atoms with van der Waals surface area (Å²) in [4.78, 5) is 17.8. The Kier molecular flexibility index (Phi) is 6.85. The number of fused-ring (bicyclic) bond motifs is 4. The SMILES string of the molecule is C[n+]1cn(-c2cc(Oc3ccc4c5ccccc5n(-c5cc(C(C)(C)C)ccn5)c4c3)cc(C(C)(C)C)c2)c2ccccc2c1=O. The number of para-hydroxylation sites is 2. The van der Waals surface area contributed by atoms with Crippen LogP contribution in [0.25, 0.3) is 44.2 Å². The van der Waals surface area contributed by atoms with Crippen molar-refractivity contribution in [2.45, 2.75) is 52.4 Å². The fourth-order valence-electron chi connectivity index (χ4n) is 6.17. The second-order valence-electron chi connectivity index (χ2n) is 14.2. The lowest BCUT2D eigenvalue weighted by atomic mass is 9.86. The quantitative estimate of drug-likeness (QED) is 0.188. The van der Waals surface area contributed by atoms with Crippen LogP contribution in [0.1, 0.15) is 52.7 Å². The Balaban J connectivity index is 1.40. The minimum Gasteiger partial charge on any atom is -0.457 e. The average molecular weight is 608 g/mol. The fourth-order valence-corrected chi connectivity index (χ4v) is 6.17. The lowest BCUT2D eigenvalue weighted by molar-refractivity contribution is -0.687. The molecule has 0 aliphatic rings. The van der Waals surface area contributed by atoms with E-state index >= 15 is 0 Å². The Morgan fingerprint density at radius 2 is 1.33 bits per heavy atom. The molecule has 0 radical (unpaired) electrons. The molecular weight excluding hydrogens is 568 g/mol. The van der Waals surface area contributed by atoms with Gasteiger partial charge in [0.1, 0.15) is 33.9 Å². The van der Waals surface area contributed by atoms with Gasteiger partial charge in [0.05, 0.1) is 18.1 Å². The smallest absolute Gasteiger partial charge is 0.344 e. The number of aryl methyl sites for hydroxylation is 1. The molecule has 3 heterocycles. The van der Waals surface area contributed by atoms with Crippen LogP contribution in [0, 0.1) is 0 Å². The van der Waals surface area contributed by atoms with Crippen molar-refractivity contribution in [3.8, 4) is 23.0 Å². The average Bonchev–Trinajstić information content (AvgIpc) is 3.35. The van der Waals surface area contributed by atoms with E-state index in [-0.39, 0.29) is 16.4 Å². The van der Waals surface area contributed by atoms with Crippen LogP contribution < -0.4 is 14.9 Å². The first kappa shape index (κ1) is 29.5. The molecule has 0 unspecified atom stereocenters. The van der Waals surface area contributed by atoms with E-state index in [1.54, 1.807) is 11.6 Å². The molecule has 0 aliphatic heterocycles. The maximum absolute atomic E-state index is 12.9. The summed E-state index contributed by atoms with van der Waals surface area (Å²) >= 11 is 0. The molecule has 6 nitrogen and oxygen atoms in total. The lowest BCUT2D eigenvalue weighted by Crippen LogP contribution is -2.47. The lowest BCUT2D eigenvalue weighted by Gasteiger charge is -2.21. The molecule has 0 saturated carbocycles. The summed E-state index contributed by atoms with van der Waals surface area (Å²) in [6.45, 7) is 13.3. The number of pyridine rings is 1. The van der Waals surface area contributed by atoms with Crippen LogP contribution >= 0.6 is 0 Å². The van der Waals surface area contributed by atoms with Gasteiger partial charge in [0.25, 0.3) is 6.33 Å². The summed E-state index contributed by atoms with van der Waals surface area (Å²) < 4.78 is 12.6. The number of benzene rings is 4. The van der Waals surface area contributed by atoms with Gasteiger partial charge < -0.3 is 4.74 Å². The summed E-state index contributed by atoms with van der Waals surface area (Å²) in [6, 6.07) is 33.1. The predicted molar refractivity (Wildman–Crippen MR) is 187 cm³/mol. The van der Waals surface area contributed by atoms with E-state index in [0.717, 1.165) is 50.5 Å². The monoisotopic (exact) mass is 607 g/mol. The minimum absolute atomic E-state index is 0.00506. The third-order valence-electron chi connectivity index (χ3n) is 8.76. The van der Waals surface area contributed by atoms with Gasteiger partial charge in [0.2, 0.25) is 0 Å². The molecule has 0 aliphatic carbocycles. The molecule has 46 heavy (non-hydrogen) atoms. The zero-order valence-electron chi connectivity index (χ0n) is 27.5. The molecule has 230 valence electrons. The van der Waals surface area contributed by atoms with E-state index in [0.29, 0.717) is 5.39 Å². The van der Waals surface area contributed by atoms with Gasteiger partial charge in [-0.3, -0.25) is 4.57 Å². The van der Waals surface area contributed by atoms with Gasteiger partial charge in [-0.2, -0.15) is 4.57 Å². The van der Waals surface area contributed by atoms with E-state index in [4.69, 9.17) is 9.72 Å². The van der Waals surface area contributed by atoms with Crippen LogP contribution in [0.4, 0.5) is 0 Å². The highest BCUT2D eigenvalue weighted by Gasteiger charge is 2.22. The molecule has 3 aromatic heterocycles. The van der Waals surface area contributed by atoms with Crippen LogP contribution in [0.15, 0.2) is 114 Å². The first-order chi connectivity index (χ1) is 21.9. The molecule has 6 heteroatoms. The summed E-state index contributed by atoms with van der Waals surface area (Å²) in [7, 11) is 1.79. The van der Waals surface area contributed by atoms with Gasteiger partial charge in [0.15, 0.2) is 0 Å². The van der Waals surface area contributed by atoms with Crippen LogP contribution in [-0.2, 0) is 17.9 Å². The van der Waals surface area contributed by atoms with E-state index in [9.17, 15) is 4.79 Å². The van der Waals surface area contributed by atoms with Crippen molar-refractivity contribution in [3.05, 3.63) is 131 Å². The van der Waals surface area contributed by atoms with Crippen molar-refractivity contribution in [1.82, 2.24) is 14.1 Å². The standard InChI is InChI=1S/C40H39N4O2/c1-39(2,3)26-18-19-41-37(22-26)44-35-15-11-8-12-31(35)32-17-16-29(24-36(32)44)46-30-21-27(40(4,5)6)20-28(23-30)43-25-42(7)38(45)33-13-9-10-14-34(33)43/h8-25H,1-7H3/q+1. The third kappa shape index (κ3) is 5.14. The molecule has 0 bridgehead atoms. The number of nitrogens with zero attached hydrogens (tertiary/aromatic N) is 4. The van der Waals surface area contributed by atoms with E-state index < -0.39 is 0 Å². The molecule has 0 saturated heterocycles. The van der Waals surface area contributed by atoms with Gasteiger partial charge in [0, 0.05) is 29.1 Å². The van der Waals surface area contributed by atoms with Gasteiger partial charge in [-0.05, 0) is 76.6 Å². The minimum atomic E-state index is -0.134. The zero-order chi connectivity index (χ0) is 32.4. The van der Waals surface area contributed by atoms with Gasteiger partial charge >= 0.3 is 5.56 Å². The summed E-state index contributed by atoms with van der Waals surface area (Å²) in [5, 5.41) is 2.97. The molecule has 0 amide bonds. The van der Waals surface area contributed by atoms with Crippen LogP contribution in [0.3, 0.4) is 0 Å². The number of hydrogen-bond donors (Lipinski definition) is 0. The third-order valence-corrected chi connectivity index (χ3v) is 8.76. The molecule has 4 aromatic carbocycles. The Hall–Kier alpha value is -5.23. The molecular formula is C40H39N4O2+. The van der Waals surface area contributed by atoms with Crippen molar-refractivity contribution in [3.63, 3.8) is 0 Å². The van der Waals surface area contributed by atoms with Crippen LogP contribution in [-0.4, -0.2) is 14.1 Å². The Morgan fingerprint density at radius 1 is 0.652 bits per heavy atom. The summed E-state index contributed by atoms with van der Waals surface area (Å²) in [6.07, 6.45) is 3.75. The second kappa shape index (κ2) is 10.7. The highest BCUT2D eigenvalue weighted by molar-refractivity contribution is 6.09. The van der Waals surface area contributed by atoms with Crippen molar-refractivity contribution in [2.75, 3.05) is 0 Å². The van der Waals surface area contributed by atoms with Crippen molar-refractivity contribution in [2.24, 2.45) is 7.05 Å². The van der Waals surface area contributed by atoms with Crippen molar-refractivity contribution < 1.29 is 9.30 Å². The number of hydrogen-bond acceptors (Lipinski definition) is 3. The topological polar surface area (TPSA) is 52.9 Å². The number of aromatic nitrogens is 4. The summed E-state index contributed by atoms with van der Waals surface area (Å²) in [5.74, 6) is 2.34. The van der Waals surface area contributed by atoms with Crippen molar-refractivity contribution in [1.29, 1.82) is 0 Å². The van der Waals surface area contributed by atoms with Crippen LogP contribution in [0.2, 0.25) is 0 Å². The second-order valence-corrected chi connectivity index (χ2v) is 14.2. The zero-order valence-corrected chi connectivity index (χ0v) is 27.5. The summed E-state index contributed by atoms with van der Waals surface area (Å²) in [5.41, 5.74) is 6.09. The molecule has 0 fully saturated rings. The first-order valence-electron chi connectivity index (χ1n) is 15.7. The normalized spacial score (nSPS) is 12.3.